The first-order chi connectivity index (χ1) is 13.6. The van der Waals surface area contributed by atoms with Crippen molar-refractivity contribution < 1.29 is 27.9 Å². The van der Waals surface area contributed by atoms with Crippen molar-refractivity contribution in [2.45, 2.75) is 43.1 Å². The van der Waals surface area contributed by atoms with Gasteiger partial charge in [0.2, 0.25) is 0 Å². The van der Waals surface area contributed by atoms with Gasteiger partial charge >= 0.3 is 0 Å². The predicted octanol–water partition coefficient (Wildman–Crippen LogP) is 3.29. The molecule has 1 N–H and O–H groups in total. The lowest BCUT2D eigenvalue weighted by molar-refractivity contribution is -0.134. The highest BCUT2D eigenvalue weighted by Gasteiger charge is 2.36. The average Bonchev–Trinajstić information content (AvgIpc) is 2.64. The normalized spacial score (nSPS) is 22.3. The lowest BCUT2D eigenvalue weighted by atomic mass is 9.74. The van der Waals surface area contributed by atoms with Crippen LogP contribution in [0.15, 0.2) is 53.4 Å². The maximum absolute atomic E-state index is 12.4. The van der Waals surface area contributed by atoms with Crippen LogP contribution in [0.4, 0.5) is 0 Å². The van der Waals surface area contributed by atoms with Gasteiger partial charge in [0.1, 0.15) is 23.1 Å². The maximum atomic E-state index is 12.4. The fourth-order valence-corrected chi connectivity index (χ4v) is 4.33. The molecule has 3 unspecified atom stereocenters. The molecule has 7 heteroatoms. The van der Waals surface area contributed by atoms with Gasteiger partial charge in [0, 0.05) is 19.1 Å². The monoisotopic (exact) mass is 416 g/mol. The van der Waals surface area contributed by atoms with Crippen LogP contribution in [0, 0.1) is 5.92 Å². The Hall–Kier alpha value is -2.51. The Morgan fingerprint density at radius 2 is 1.83 bits per heavy atom. The highest BCUT2D eigenvalue weighted by Crippen LogP contribution is 2.36. The first-order valence-electron chi connectivity index (χ1n) is 9.41. The molecule has 2 aromatic carbocycles. The van der Waals surface area contributed by atoms with Crippen LogP contribution >= 0.6 is 0 Å². The summed E-state index contributed by atoms with van der Waals surface area (Å²) in [5.74, 6) is 0.0634. The Labute approximate surface area is 170 Å². The van der Waals surface area contributed by atoms with E-state index in [1.54, 1.807) is 24.3 Å². The highest BCUT2D eigenvalue weighted by atomic mass is 32.2. The van der Waals surface area contributed by atoms with Crippen LogP contribution in [-0.2, 0) is 19.4 Å². The largest absolute Gasteiger partial charge is 0.457 e. The first kappa shape index (κ1) is 21.2. The van der Waals surface area contributed by atoms with Crippen molar-refractivity contribution in [1.29, 1.82) is 0 Å². The molecular weight excluding hydrogens is 392 g/mol. The van der Waals surface area contributed by atoms with Gasteiger partial charge in [-0.2, -0.15) is 0 Å². The van der Waals surface area contributed by atoms with Crippen molar-refractivity contribution in [3.05, 3.63) is 54.1 Å². The Morgan fingerprint density at radius 1 is 1.14 bits per heavy atom. The number of benzene rings is 2. The Bertz CT molecular complexity index is 1010. The van der Waals surface area contributed by atoms with E-state index in [-0.39, 0.29) is 28.8 Å². The van der Waals surface area contributed by atoms with Gasteiger partial charge in [-0.1, -0.05) is 18.2 Å². The molecule has 0 radical (unpaired) electrons. The smallest absolute Gasteiger partial charge is 0.175 e. The van der Waals surface area contributed by atoms with E-state index in [1.807, 2.05) is 12.1 Å². The van der Waals surface area contributed by atoms with Crippen molar-refractivity contribution in [2.24, 2.45) is 5.92 Å². The van der Waals surface area contributed by atoms with Crippen molar-refractivity contribution in [3.63, 3.8) is 0 Å². The Balaban J connectivity index is 1.70. The zero-order valence-electron chi connectivity index (χ0n) is 16.4. The van der Waals surface area contributed by atoms with Crippen LogP contribution in [0.1, 0.15) is 37.7 Å². The molecule has 154 valence electrons. The number of ketones is 2. The summed E-state index contributed by atoms with van der Waals surface area (Å²) in [7, 11) is -3.32. The number of rotatable bonds is 6. The van der Waals surface area contributed by atoms with Gasteiger partial charge in [-0.3, -0.25) is 4.79 Å². The van der Waals surface area contributed by atoms with Crippen molar-refractivity contribution >= 4 is 21.4 Å². The molecule has 6 nitrogen and oxygen atoms in total. The molecule has 0 saturated heterocycles. The second kappa shape index (κ2) is 8.47. The Kier molecular flexibility index (Phi) is 6.19. The average molecular weight is 416 g/mol. The van der Waals surface area contributed by atoms with Gasteiger partial charge in [-0.05, 0) is 55.2 Å². The van der Waals surface area contributed by atoms with Gasteiger partial charge in [0.05, 0.1) is 16.9 Å². The summed E-state index contributed by atoms with van der Waals surface area (Å²) in [6.07, 6.45) is 1.14. The molecule has 0 aromatic heterocycles. The summed E-state index contributed by atoms with van der Waals surface area (Å²) in [6.45, 7) is 1.43. The van der Waals surface area contributed by atoms with E-state index in [0.29, 0.717) is 24.3 Å². The van der Waals surface area contributed by atoms with Crippen LogP contribution in [0.25, 0.3) is 0 Å². The Morgan fingerprint density at radius 3 is 2.41 bits per heavy atom. The van der Waals surface area contributed by atoms with Crippen molar-refractivity contribution in [3.8, 4) is 11.5 Å². The van der Waals surface area contributed by atoms with Crippen LogP contribution in [0.5, 0.6) is 11.5 Å². The summed E-state index contributed by atoms with van der Waals surface area (Å²) in [5, 5.41) is 10.3. The molecule has 0 heterocycles. The van der Waals surface area contributed by atoms with E-state index >= 15 is 0 Å². The summed E-state index contributed by atoms with van der Waals surface area (Å²) >= 11 is 0. The number of sulfone groups is 1. The van der Waals surface area contributed by atoms with Crippen LogP contribution in [-0.4, -0.2) is 37.5 Å². The minimum atomic E-state index is -3.32. The number of carbonyl (C=O) groups is 2. The van der Waals surface area contributed by atoms with E-state index in [1.165, 1.54) is 19.1 Å². The number of hydrogen-bond donors (Lipinski definition) is 1. The van der Waals surface area contributed by atoms with Gasteiger partial charge in [-0.25, -0.2) is 8.42 Å². The fourth-order valence-electron chi connectivity index (χ4n) is 3.67. The second-order valence-corrected chi connectivity index (χ2v) is 9.62. The zero-order valence-corrected chi connectivity index (χ0v) is 17.2. The second-order valence-electron chi connectivity index (χ2n) is 7.60. The summed E-state index contributed by atoms with van der Waals surface area (Å²) in [5.41, 5.74) is 0.913. The quantitative estimate of drug-likeness (QED) is 0.776. The topological polar surface area (TPSA) is 97.7 Å². The van der Waals surface area contributed by atoms with E-state index in [0.717, 1.165) is 11.8 Å². The fraction of sp³-hybridized carbons (Fsp3) is 0.364. The molecule has 1 fully saturated rings. The molecule has 2 aromatic rings. The summed E-state index contributed by atoms with van der Waals surface area (Å²) in [6, 6.07) is 13.4. The third-order valence-corrected chi connectivity index (χ3v) is 6.29. The molecule has 0 spiro atoms. The summed E-state index contributed by atoms with van der Waals surface area (Å²) < 4.78 is 29.1. The van der Waals surface area contributed by atoms with Crippen LogP contribution < -0.4 is 4.74 Å². The molecule has 3 rings (SSSR count). The lowest BCUT2D eigenvalue weighted by Gasteiger charge is -2.31. The first-order valence-corrected chi connectivity index (χ1v) is 11.3. The van der Waals surface area contributed by atoms with E-state index < -0.39 is 21.9 Å². The predicted molar refractivity (Wildman–Crippen MR) is 108 cm³/mol. The van der Waals surface area contributed by atoms with Crippen LogP contribution in [0.3, 0.4) is 0 Å². The van der Waals surface area contributed by atoms with Gasteiger partial charge < -0.3 is 14.6 Å². The van der Waals surface area contributed by atoms with E-state index in [2.05, 4.69) is 0 Å². The molecular formula is C22H24O6S. The van der Waals surface area contributed by atoms with Crippen molar-refractivity contribution in [2.75, 3.05) is 6.26 Å². The minimum Gasteiger partial charge on any atom is -0.457 e. The number of aliphatic hydroxyl groups excluding tert-OH is 1. The maximum Gasteiger partial charge on any atom is 0.175 e. The SMILES string of the molecule is CC(=O)CC1C(=O)CC(c2ccc(Oc3cccc(S(C)(=O)=O)c3)cc2)CC1O. The zero-order chi connectivity index (χ0) is 21.2. The van der Waals surface area contributed by atoms with Gasteiger partial charge in [0.15, 0.2) is 9.84 Å². The molecule has 29 heavy (non-hydrogen) atoms. The number of carbonyl (C=O) groups excluding carboxylic acids is 2. The molecule has 1 aliphatic carbocycles. The third kappa shape index (κ3) is 5.31. The molecule has 0 bridgehead atoms. The highest BCUT2D eigenvalue weighted by molar-refractivity contribution is 7.90. The van der Waals surface area contributed by atoms with E-state index in [9.17, 15) is 23.1 Å². The molecule has 1 saturated carbocycles. The number of ether oxygens (including phenoxy) is 1. The number of aliphatic hydroxyl groups is 1. The van der Waals surface area contributed by atoms with Crippen molar-refractivity contribution in [1.82, 2.24) is 0 Å². The minimum absolute atomic E-state index is 0.0816. The third-order valence-electron chi connectivity index (χ3n) is 5.18. The number of hydrogen-bond acceptors (Lipinski definition) is 6. The van der Waals surface area contributed by atoms with E-state index in [4.69, 9.17) is 4.74 Å². The number of Topliss-reactive ketones (excluding diaryl/α,β-unsaturated/α-hetero) is 2. The summed E-state index contributed by atoms with van der Waals surface area (Å²) in [4.78, 5) is 23.8. The van der Waals surface area contributed by atoms with Gasteiger partial charge in [0.25, 0.3) is 0 Å². The molecule has 0 aliphatic heterocycles. The van der Waals surface area contributed by atoms with Crippen LogP contribution in [0.2, 0.25) is 0 Å². The van der Waals surface area contributed by atoms with Gasteiger partial charge in [-0.15, -0.1) is 0 Å². The lowest BCUT2D eigenvalue weighted by Crippen LogP contribution is -2.37. The molecule has 0 amide bonds. The standard InChI is InChI=1S/C22H24O6S/c1-14(23)10-20-21(24)11-16(12-22(20)25)15-6-8-17(9-7-15)28-18-4-3-5-19(13-18)29(2,26)27/h3-9,13,16,20-21,24H,10-12H2,1-2H3. The molecule has 1 aliphatic rings. The molecule has 3 atom stereocenters.